The number of ether oxygens (including phenoxy) is 2. The molecule has 4 heteroatoms. The molecular formula is C14H19NO3. The predicted molar refractivity (Wildman–Crippen MR) is 71.6 cm³/mol. The zero-order chi connectivity index (χ0) is 13.4. The minimum atomic E-state index is -0.246. The third-order valence-electron chi connectivity index (χ3n) is 2.17. The third-order valence-corrected chi connectivity index (χ3v) is 2.17. The van der Waals surface area contributed by atoms with E-state index in [1.54, 1.807) is 6.92 Å². The lowest BCUT2D eigenvalue weighted by Gasteiger charge is -2.04. The second-order valence-electron chi connectivity index (χ2n) is 3.76. The topological polar surface area (TPSA) is 47.9 Å². The highest BCUT2D eigenvalue weighted by Crippen LogP contribution is 2.18. The largest absolute Gasteiger partial charge is 0.494 e. The van der Waals surface area contributed by atoms with Gasteiger partial charge in [0.1, 0.15) is 5.75 Å². The van der Waals surface area contributed by atoms with Gasteiger partial charge in [-0.15, -0.1) is 0 Å². The van der Waals surface area contributed by atoms with Crippen molar-refractivity contribution < 1.29 is 14.3 Å². The van der Waals surface area contributed by atoms with Crippen LogP contribution in [-0.4, -0.2) is 24.9 Å². The van der Waals surface area contributed by atoms with Gasteiger partial charge in [-0.2, -0.15) is 0 Å². The maximum absolute atomic E-state index is 11.3. The first kappa shape index (κ1) is 14.2. The first-order valence-corrected chi connectivity index (χ1v) is 6.08. The number of esters is 1. The van der Waals surface area contributed by atoms with Crippen molar-refractivity contribution in [2.75, 3.05) is 13.2 Å². The summed E-state index contributed by atoms with van der Waals surface area (Å²) in [6.45, 7) is 6.58. The van der Waals surface area contributed by atoms with Crippen LogP contribution >= 0.6 is 0 Å². The first-order chi connectivity index (χ1) is 8.65. The third kappa shape index (κ3) is 4.99. The van der Waals surface area contributed by atoms with Gasteiger partial charge in [0.05, 0.1) is 25.3 Å². The molecule has 0 N–H and O–H groups in total. The van der Waals surface area contributed by atoms with Crippen LogP contribution in [0.15, 0.2) is 29.3 Å². The molecule has 0 radical (unpaired) electrons. The van der Waals surface area contributed by atoms with Crippen LogP contribution in [-0.2, 0) is 9.53 Å². The van der Waals surface area contributed by atoms with E-state index in [1.165, 1.54) is 0 Å². The van der Waals surface area contributed by atoms with Crippen LogP contribution in [0, 0.1) is 0 Å². The molecule has 0 saturated heterocycles. The van der Waals surface area contributed by atoms with Crippen molar-refractivity contribution in [3.05, 3.63) is 24.3 Å². The molecule has 0 unspecified atom stereocenters. The van der Waals surface area contributed by atoms with Crippen LogP contribution in [0.1, 0.15) is 27.2 Å². The quantitative estimate of drug-likeness (QED) is 0.575. The number of carbonyl (C=O) groups excluding carboxylic acids is 1. The Morgan fingerprint density at radius 1 is 1.17 bits per heavy atom. The molecule has 0 heterocycles. The Morgan fingerprint density at radius 2 is 1.83 bits per heavy atom. The summed E-state index contributed by atoms with van der Waals surface area (Å²) in [7, 11) is 0. The Hall–Kier alpha value is -1.84. The first-order valence-electron chi connectivity index (χ1n) is 6.08. The smallest absolute Gasteiger partial charge is 0.311 e. The molecule has 0 aliphatic rings. The van der Waals surface area contributed by atoms with Crippen molar-refractivity contribution in [2.24, 2.45) is 4.99 Å². The van der Waals surface area contributed by atoms with Gasteiger partial charge in [-0.1, -0.05) is 0 Å². The predicted octanol–water partition coefficient (Wildman–Crippen LogP) is 3.13. The fraction of sp³-hybridized carbons (Fsp3) is 0.429. The molecule has 98 valence electrons. The zero-order valence-electron chi connectivity index (χ0n) is 11.1. The van der Waals surface area contributed by atoms with E-state index in [0.717, 1.165) is 17.1 Å². The second-order valence-corrected chi connectivity index (χ2v) is 3.76. The minimum Gasteiger partial charge on any atom is -0.494 e. The fourth-order valence-electron chi connectivity index (χ4n) is 1.46. The number of hydrogen-bond acceptors (Lipinski definition) is 4. The molecule has 0 atom stereocenters. The monoisotopic (exact) mass is 249 g/mol. The highest BCUT2D eigenvalue weighted by atomic mass is 16.5. The molecular weight excluding hydrogens is 230 g/mol. The Morgan fingerprint density at radius 3 is 2.39 bits per heavy atom. The highest BCUT2D eigenvalue weighted by molar-refractivity contribution is 5.98. The molecule has 0 amide bonds. The molecule has 0 bridgehead atoms. The number of aliphatic imine (C=N–C) groups is 1. The zero-order valence-corrected chi connectivity index (χ0v) is 11.1. The highest BCUT2D eigenvalue weighted by Gasteiger charge is 2.04. The van der Waals surface area contributed by atoms with Gasteiger partial charge in [-0.05, 0) is 45.0 Å². The SMILES string of the molecule is CCOC(=O)CC(C)=Nc1ccc(OCC)cc1. The minimum absolute atomic E-state index is 0.223. The normalized spacial score (nSPS) is 11.2. The fourth-order valence-corrected chi connectivity index (χ4v) is 1.46. The number of benzene rings is 1. The lowest BCUT2D eigenvalue weighted by molar-refractivity contribution is -0.141. The summed E-state index contributed by atoms with van der Waals surface area (Å²) in [6, 6.07) is 7.44. The Bertz CT molecular complexity index is 410. The average Bonchev–Trinajstić information content (AvgIpc) is 2.32. The Kier molecular flexibility index (Phi) is 5.91. The lowest BCUT2D eigenvalue weighted by atomic mass is 10.2. The molecule has 0 spiro atoms. The van der Waals surface area contributed by atoms with Gasteiger partial charge in [0, 0.05) is 5.71 Å². The van der Waals surface area contributed by atoms with Gasteiger partial charge in [-0.25, -0.2) is 0 Å². The molecule has 1 aromatic carbocycles. The van der Waals surface area contributed by atoms with Crippen LogP contribution in [0.25, 0.3) is 0 Å². The molecule has 0 aromatic heterocycles. The Balaban J connectivity index is 2.61. The van der Waals surface area contributed by atoms with E-state index in [-0.39, 0.29) is 12.4 Å². The lowest BCUT2D eigenvalue weighted by Crippen LogP contribution is -2.08. The summed E-state index contributed by atoms with van der Waals surface area (Å²) in [4.78, 5) is 15.6. The number of rotatable bonds is 6. The summed E-state index contributed by atoms with van der Waals surface area (Å²) in [6.07, 6.45) is 0.223. The van der Waals surface area contributed by atoms with E-state index >= 15 is 0 Å². The van der Waals surface area contributed by atoms with E-state index in [4.69, 9.17) is 9.47 Å². The average molecular weight is 249 g/mol. The van der Waals surface area contributed by atoms with Crippen molar-refractivity contribution in [2.45, 2.75) is 27.2 Å². The molecule has 0 saturated carbocycles. The van der Waals surface area contributed by atoms with Crippen LogP contribution in [0.4, 0.5) is 5.69 Å². The van der Waals surface area contributed by atoms with Crippen molar-refractivity contribution >= 4 is 17.4 Å². The van der Waals surface area contributed by atoms with E-state index in [2.05, 4.69) is 4.99 Å². The molecule has 1 aromatic rings. The number of nitrogens with zero attached hydrogens (tertiary/aromatic N) is 1. The van der Waals surface area contributed by atoms with Gasteiger partial charge in [0.2, 0.25) is 0 Å². The molecule has 1 rings (SSSR count). The number of hydrogen-bond donors (Lipinski definition) is 0. The van der Waals surface area contributed by atoms with E-state index in [1.807, 2.05) is 38.1 Å². The summed E-state index contributed by atoms with van der Waals surface area (Å²) in [5.74, 6) is 0.573. The summed E-state index contributed by atoms with van der Waals surface area (Å²) >= 11 is 0. The maximum atomic E-state index is 11.3. The van der Waals surface area contributed by atoms with E-state index < -0.39 is 0 Å². The summed E-state index contributed by atoms with van der Waals surface area (Å²) < 4.78 is 10.2. The van der Waals surface area contributed by atoms with E-state index in [9.17, 15) is 4.79 Å². The molecule has 18 heavy (non-hydrogen) atoms. The standard InChI is InChI=1S/C14H19NO3/c1-4-17-13-8-6-12(7-9-13)15-11(3)10-14(16)18-5-2/h6-9H,4-5,10H2,1-3H3. The van der Waals surface area contributed by atoms with Gasteiger partial charge < -0.3 is 9.47 Å². The van der Waals surface area contributed by atoms with Crippen LogP contribution in [0.2, 0.25) is 0 Å². The molecule has 0 fully saturated rings. The van der Waals surface area contributed by atoms with Gasteiger partial charge in [0.25, 0.3) is 0 Å². The van der Waals surface area contributed by atoms with E-state index in [0.29, 0.717) is 13.2 Å². The van der Waals surface area contributed by atoms with Crippen molar-refractivity contribution in [1.29, 1.82) is 0 Å². The van der Waals surface area contributed by atoms with Crippen LogP contribution in [0.5, 0.6) is 5.75 Å². The van der Waals surface area contributed by atoms with Crippen molar-refractivity contribution in [3.8, 4) is 5.75 Å². The molecule has 0 aliphatic heterocycles. The van der Waals surface area contributed by atoms with Crippen molar-refractivity contribution in [1.82, 2.24) is 0 Å². The second kappa shape index (κ2) is 7.48. The number of carbonyl (C=O) groups is 1. The summed E-state index contributed by atoms with van der Waals surface area (Å²) in [5.41, 5.74) is 1.54. The maximum Gasteiger partial charge on any atom is 0.311 e. The van der Waals surface area contributed by atoms with Gasteiger partial charge in [-0.3, -0.25) is 9.79 Å². The van der Waals surface area contributed by atoms with Gasteiger partial charge >= 0.3 is 5.97 Å². The van der Waals surface area contributed by atoms with Gasteiger partial charge in [0.15, 0.2) is 0 Å². The summed E-state index contributed by atoms with van der Waals surface area (Å²) in [5, 5.41) is 0. The van der Waals surface area contributed by atoms with Crippen LogP contribution in [0.3, 0.4) is 0 Å². The van der Waals surface area contributed by atoms with Crippen LogP contribution < -0.4 is 4.74 Å². The van der Waals surface area contributed by atoms with Crippen molar-refractivity contribution in [3.63, 3.8) is 0 Å². The molecule has 4 nitrogen and oxygen atoms in total. The molecule has 0 aliphatic carbocycles. The Labute approximate surface area is 108 Å².